The molecule has 0 amide bonds. The highest BCUT2D eigenvalue weighted by Crippen LogP contribution is 1.93. The molecule has 0 atom stereocenters. The van der Waals surface area contributed by atoms with Gasteiger partial charge in [0.25, 0.3) is 0 Å². The Kier molecular flexibility index (Phi) is 1.36. The first-order valence-electron chi connectivity index (χ1n) is 2.03. The van der Waals surface area contributed by atoms with Gasteiger partial charge >= 0.3 is 0 Å². The predicted octanol–water partition coefficient (Wildman–Crippen LogP) is 0.839. The summed E-state index contributed by atoms with van der Waals surface area (Å²) in [6.45, 7) is 0. The van der Waals surface area contributed by atoms with Gasteiger partial charge in [-0.1, -0.05) is 0 Å². The number of aromatic amines is 1. The van der Waals surface area contributed by atoms with Crippen molar-refractivity contribution in [3.05, 3.63) is 18.0 Å². The minimum Gasteiger partial charge on any atom is -0.285 e. The molecule has 0 bridgehead atoms. The van der Waals surface area contributed by atoms with Gasteiger partial charge in [0, 0.05) is 11.9 Å². The van der Waals surface area contributed by atoms with Crippen molar-refractivity contribution in [3.63, 3.8) is 0 Å². The minimum atomic E-state index is 0.712. The molecule has 0 spiro atoms. The van der Waals surface area contributed by atoms with Crippen molar-refractivity contribution in [1.29, 1.82) is 0 Å². The number of thiol groups is 1. The van der Waals surface area contributed by atoms with Crippen molar-refractivity contribution >= 4 is 12.6 Å². The van der Waals surface area contributed by atoms with Crippen LogP contribution in [0.1, 0.15) is 5.69 Å². The Morgan fingerprint density at radius 1 is 1.86 bits per heavy atom. The van der Waals surface area contributed by atoms with Crippen molar-refractivity contribution in [2.45, 2.75) is 5.75 Å². The molecule has 0 aliphatic heterocycles. The molecule has 1 aromatic rings. The molecule has 0 saturated carbocycles. The van der Waals surface area contributed by atoms with Crippen molar-refractivity contribution < 1.29 is 0 Å². The molecule has 1 aromatic heterocycles. The van der Waals surface area contributed by atoms with Gasteiger partial charge in [-0.05, 0) is 6.07 Å². The summed E-state index contributed by atoms with van der Waals surface area (Å²) in [7, 11) is 0. The van der Waals surface area contributed by atoms with Gasteiger partial charge in [0.1, 0.15) is 0 Å². The second kappa shape index (κ2) is 2.02. The van der Waals surface area contributed by atoms with Crippen LogP contribution in [0.2, 0.25) is 0 Å². The molecule has 3 heteroatoms. The quantitative estimate of drug-likeness (QED) is 0.520. The fraction of sp³-hybridized carbons (Fsp3) is 0.250. The lowest BCUT2D eigenvalue weighted by molar-refractivity contribution is 1.04. The summed E-state index contributed by atoms with van der Waals surface area (Å²) in [4.78, 5) is 0. The molecule has 0 radical (unpaired) electrons. The zero-order valence-electron chi connectivity index (χ0n) is 3.76. The number of rotatable bonds is 1. The monoisotopic (exact) mass is 114 g/mol. The van der Waals surface area contributed by atoms with Crippen molar-refractivity contribution in [1.82, 2.24) is 10.2 Å². The molecule has 1 N–H and O–H groups in total. The Bertz CT molecular complexity index is 124. The Balaban J connectivity index is 2.76. The van der Waals surface area contributed by atoms with E-state index in [-0.39, 0.29) is 0 Å². The third-order valence-electron chi connectivity index (χ3n) is 0.720. The third-order valence-corrected chi connectivity index (χ3v) is 1.04. The van der Waals surface area contributed by atoms with Crippen LogP contribution in [0, 0.1) is 0 Å². The number of hydrogen-bond donors (Lipinski definition) is 2. The number of H-pyrrole nitrogens is 1. The molecular formula is C4H6N2S. The van der Waals surface area contributed by atoms with Gasteiger partial charge in [-0.25, -0.2) is 0 Å². The van der Waals surface area contributed by atoms with Crippen molar-refractivity contribution in [2.24, 2.45) is 0 Å². The van der Waals surface area contributed by atoms with Gasteiger partial charge in [0.05, 0.1) is 5.69 Å². The molecular weight excluding hydrogens is 108 g/mol. The first-order valence-corrected chi connectivity index (χ1v) is 2.66. The molecule has 0 fully saturated rings. The fourth-order valence-corrected chi connectivity index (χ4v) is 0.555. The van der Waals surface area contributed by atoms with Crippen LogP contribution in [0.25, 0.3) is 0 Å². The van der Waals surface area contributed by atoms with E-state index in [9.17, 15) is 0 Å². The van der Waals surface area contributed by atoms with Crippen LogP contribution in [0.5, 0.6) is 0 Å². The van der Waals surface area contributed by atoms with E-state index in [1.54, 1.807) is 6.20 Å². The summed E-state index contributed by atoms with van der Waals surface area (Å²) >= 11 is 3.99. The van der Waals surface area contributed by atoms with Crippen molar-refractivity contribution in [3.8, 4) is 0 Å². The lowest BCUT2D eigenvalue weighted by Gasteiger charge is -1.76. The summed E-state index contributed by atoms with van der Waals surface area (Å²) in [5.74, 6) is 0.712. The molecule has 0 saturated heterocycles. The van der Waals surface area contributed by atoms with Gasteiger partial charge in [-0.15, -0.1) is 0 Å². The SMILES string of the molecule is SCc1cc[nH]n1. The topological polar surface area (TPSA) is 28.7 Å². The van der Waals surface area contributed by atoms with E-state index in [2.05, 4.69) is 22.8 Å². The van der Waals surface area contributed by atoms with Gasteiger partial charge in [0.2, 0.25) is 0 Å². The van der Waals surface area contributed by atoms with E-state index in [4.69, 9.17) is 0 Å². The van der Waals surface area contributed by atoms with Crippen LogP contribution >= 0.6 is 12.6 Å². The smallest absolute Gasteiger partial charge is 0.0718 e. The average Bonchev–Trinajstić information content (AvgIpc) is 2.14. The van der Waals surface area contributed by atoms with E-state index in [1.807, 2.05) is 6.07 Å². The summed E-state index contributed by atoms with van der Waals surface area (Å²) < 4.78 is 0. The zero-order valence-corrected chi connectivity index (χ0v) is 4.65. The molecule has 1 rings (SSSR count). The van der Waals surface area contributed by atoms with Crippen LogP contribution in [-0.4, -0.2) is 10.2 Å². The highest BCUT2D eigenvalue weighted by atomic mass is 32.1. The van der Waals surface area contributed by atoms with Crippen LogP contribution in [-0.2, 0) is 5.75 Å². The molecule has 7 heavy (non-hydrogen) atoms. The van der Waals surface area contributed by atoms with E-state index in [1.165, 1.54) is 0 Å². The second-order valence-corrected chi connectivity index (χ2v) is 1.54. The number of nitrogens with one attached hydrogen (secondary N) is 1. The lowest BCUT2D eigenvalue weighted by atomic mass is 10.5. The Morgan fingerprint density at radius 3 is 3.00 bits per heavy atom. The van der Waals surface area contributed by atoms with Crippen LogP contribution < -0.4 is 0 Å². The molecule has 2 nitrogen and oxygen atoms in total. The number of aromatic nitrogens is 2. The summed E-state index contributed by atoms with van der Waals surface area (Å²) in [6, 6.07) is 1.90. The first kappa shape index (κ1) is 4.71. The maximum atomic E-state index is 3.99. The molecule has 1 heterocycles. The zero-order chi connectivity index (χ0) is 5.11. The van der Waals surface area contributed by atoms with Crippen LogP contribution in [0.4, 0.5) is 0 Å². The predicted molar refractivity (Wildman–Crippen MR) is 31.3 cm³/mol. The average molecular weight is 114 g/mol. The normalized spacial score (nSPS) is 9.29. The number of nitrogens with zero attached hydrogens (tertiary/aromatic N) is 1. The second-order valence-electron chi connectivity index (χ2n) is 1.22. The van der Waals surface area contributed by atoms with Gasteiger partial charge in [0.15, 0.2) is 0 Å². The Morgan fingerprint density at radius 2 is 2.71 bits per heavy atom. The van der Waals surface area contributed by atoms with E-state index < -0.39 is 0 Å². The summed E-state index contributed by atoms with van der Waals surface area (Å²) in [5, 5.41) is 6.52. The maximum absolute atomic E-state index is 3.99. The van der Waals surface area contributed by atoms with Crippen LogP contribution in [0.3, 0.4) is 0 Å². The maximum Gasteiger partial charge on any atom is 0.0718 e. The summed E-state index contributed by atoms with van der Waals surface area (Å²) in [5.41, 5.74) is 0.989. The van der Waals surface area contributed by atoms with Gasteiger partial charge in [-0.3, -0.25) is 5.10 Å². The number of hydrogen-bond acceptors (Lipinski definition) is 2. The van der Waals surface area contributed by atoms with E-state index in [0.29, 0.717) is 5.75 Å². The molecule has 38 valence electrons. The standard InChI is InChI=1S/C4H6N2S/c7-3-4-1-2-5-6-4/h1-2,7H,3H2,(H,5,6). The van der Waals surface area contributed by atoms with Crippen molar-refractivity contribution in [2.75, 3.05) is 0 Å². The highest BCUT2D eigenvalue weighted by Gasteiger charge is 1.84. The molecule has 0 unspecified atom stereocenters. The summed E-state index contributed by atoms with van der Waals surface area (Å²) in [6.07, 6.45) is 1.78. The van der Waals surface area contributed by atoms with E-state index in [0.717, 1.165) is 5.69 Å². The molecule has 0 aromatic carbocycles. The molecule has 0 aliphatic carbocycles. The Hall–Kier alpha value is -0.440. The van der Waals surface area contributed by atoms with Gasteiger partial charge < -0.3 is 0 Å². The fourth-order valence-electron chi connectivity index (χ4n) is 0.379. The lowest BCUT2D eigenvalue weighted by Crippen LogP contribution is -1.73. The highest BCUT2D eigenvalue weighted by molar-refractivity contribution is 7.79. The van der Waals surface area contributed by atoms with Crippen LogP contribution in [0.15, 0.2) is 12.3 Å². The first-order chi connectivity index (χ1) is 3.43. The minimum absolute atomic E-state index is 0.712. The van der Waals surface area contributed by atoms with E-state index >= 15 is 0 Å². The third kappa shape index (κ3) is 0.962. The van der Waals surface area contributed by atoms with Gasteiger partial charge in [-0.2, -0.15) is 17.7 Å². The largest absolute Gasteiger partial charge is 0.285 e. The Labute approximate surface area is 47.3 Å². The molecule has 0 aliphatic rings.